The first-order valence-corrected chi connectivity index (χ1v) is 10.5. The third-order valence-electron chi connectivity index (χ3n) is 5.43. The zero-order valence-electron chi connectivity index (χ0n) is 16.9. The summed E-state index contributed by atoms with van der Waals surface area (Å²) in [5.41, 5.74) is 3.78. The minimum absolute atomic E-state index is 0.0484. The SMILES string of the molecule is CCC(P)(CC)c1ccc(NC(=O)CCc2cncn2-c2ccc(F)cc2)cc1. The molecule has 0 aliphatic carbocycles. The smallest absolute Gasteiger partial charge is 0.224 e. The lowest BCUT2D eigenvalue weighted by atomic mass is 9.92. The number of halogens is 1. The minimum atomic E-state index is -0.280. The van der Waals surface area contributed by atoms with Gasteiger partial charge in [-0.05, 0) is 61.2 Å². The maximum Gasteiger partial charge on any atom is 0.224 e. The van der Waals surface area contributed by atoms with Crippen LogP contribution in [0.5, 0.6) is 0 Å². The normalized spacial score (nSPS) is 11.4. The number of anilines is 1. The number of aryl methyl sites for hydroxylation is 1. The van der Waals surface area contributed by atoms with Gasteiger partial charge < -0.3 is 9.88 Å². The monoisotopic (exact) mass is 411 g/mol. The summed E-state index contributed by atoms with van der Waals surface area (Å²) in [5.74, 6) is -0.328. The predicted molar refractivity (Wildman–Crippen MR) is 119 cm³/mol. The highest BCUT2D eigenvalue weighted by Crippen LogP contribution is 2.38. The Hall–Kier alpha value is -2.52. The molecule has 1 N–H and O–H groups in total. The van der Waals surface area contributed by atoms with Crippen LogP contribution in [0.25, 0.3) is 5.69 Å². The highest BCUT2D eigenvalue weighted by atomic mass is 31.0. The maximum absolute atomic E-state index is 13.1. The molecular weight excluding hydrogens is 384 g/mol. The highest BCUT2D eigenvalue weighted by Gasteiger charge is 2.22. The van der Waals surface area contributed by atoms with E-state index in [0.29, 0.717) is 12.8 Å². The minimum Gasteiger partial charge on any atom is -0.326 e. The lowest BCUT2D eigenvalue weighted by Gasteiger charge is -2.27. The number of hydrogen-bond donors (Lipinski definition) is 1. The number of hydrogen-bond acceptors (Lipinski definition) is 2. The Morgan fingerprint density at radius 3 is 2.38 bits per heavy atom. The van der Waals surface area contributed by atoms with Gasteiger partial charge in [0.1, 0.15) is 5.82 Å². The van der Waals surface area contributed by atoms with Gasteiger partial charge in [-0.1, -0.05) is 26.0 Å². The Morgan fingerprint density at radius 2 is 1.76 bits per heavy atom. The molecule has 4 nitrogen and oxygen atoms in total. The van der Waals surface area contributed by atoms with E-state index in [1.807, 2.05) is 16.7 Å². The molecule has 1 aromatic heterocycles. The van der Waals surface area contributed by atoms with E-state index in [0.717, 1.165) is 29.9 Å². The summed E-state index contributed by atoms with van der Waals surface area (Å²) in [5, 5.41) is 3.05. The van der Waals surface area contributed by atoms with Crippen molar-refractivity contribution in [2.24, 2.45) is 0 Å². The van der Waals surface area contributed by atoms with Crippen molar-refractivity contribution >= 4 is 20.8 Å². The quantitative estimate of drug-likeness (QED) is 0.500. The van der Waals surface area contributed by atoms with Gasteiger partial charge in [-0.3, -0.25) is 4.79 Å². The van der Waals surface area contributed by atoms with E-state index in [1.54, 1.807) is 24.7 Å². The highest BCUT2D eigenvalue weighted by molar-refractivity contribution is 7.18. The second-order valence-corrected chi connectivity index (χ2v) is 8.33. The van der Waals surface area contributed by atoms with Gasteiger partial charge in [0.05, 0.1) is 6.33 Å². The molecule has 0 radical (unpaired) electrons. The fourth-order valence-corrected chi connectivity index (χ4v) is 3.54. The van der Waals surface area contributed by atoms with E-state index in [1.165, 1.54) is 17.7 Å². The van der Waals surface area contributed by atoms with Gasteiger partial charge in [-0.2, -0.15) is 0 Å². The molecule has 1 amide bonds. The molecule has 1 unspecified atom stereocenters. The molecule has 3 rings (SSSR count). The van der Waals surface area contributed by atoms with Crippen LogP contribution in [0.1, 0.15) is 44.4 Å². The molecule has 6 heteroatoms. The number of nitrogens with one attached hydrogen (secondary N) is 1. The van der Waals surface area contributed by atoms with Crippen LogP contribution in [-0.2, 0) is 16.4 Å². The zero-order valence-corrected chi connectivity index (χ0v) is 18.0. The van der Waals surface area contributed by atoms with E-state index >= 15 is 0 Å². The number of benzene rings is 2. The molecule has 29 heavy (non-hydrogen) atoms. The lowest BCUT2D eigenvalue weighted by Crippen LogP contribution is -2.16. The van der Waals surface area contributed by atoms with Gasteiger partial charge in [-0.25, -0.2) is 9.37 Å². The standard InChI is InChI=1S/C23H27FN3OP/c1-3-23(29,4-2)17-5-9-19(10-6-17)26-22(28)14-13-21-15-25-16-27(21)20-11-7-18(24)8-12-20/h5-12,15-16H,3-4,13-14,29H2,1-2H3,(H,26,28). The molecule has 0 spiro atoms. The summed E-state index contributed by atoms with van der Waals surface area (Å²) in [6.45, 7) is 4.37. The van der Waals surface area contributed by atoms with Crippen LogP contribution < -0.4 is 5.32 Å². The Balaban J connectivity index is 1.60. The third kappa shape index (κ3) is 5.10. The third-order valence-corrected chi connectivity index (χ3v) is 6.58. The van der Waals surface area contributed by atoms with Crippen molar-refractivity contribution < 1.29 is 9.18 Å². The van der Waals surface area contributed by atoms with Crippen molar-refractivity contribution in [2.45, 2.75) is 44.7 Å². The van der Waals surface area contributed by atoms with Gasteiger partial charge in [0.25, 0.3) is 0 Å². The van der Waals surface area contributed by atoms with Crippen LogP contribution >= 0.6 is 9.24 Å². The summed E-state index contributed by atoms with van der Waals surface area (Å²) in [7, 11) is 2.96. The fourth-order valence-electron chi connectivity index (χ4n) is 3.35. The molecule has 0 bridgehead atoms. The largest absolute Gasteiger partial charge is 0.326 e. The molecule has 1 atom stereocenters. The molecule has 2 aromatic carbocycles. The Labute approximate surface area is 173 Å². The molecule has 0 fully saturated rings. The molecule has 0 saturated carbocycles. The van der Waals surface area contributed by atoms with E-state index in [4.69, 9.17) is 0 Å². The number of nitrogens with zero attached hydrogens (tertiary/aromatic N) is 2. The van der Waals surface area contributed by atoms with Gasteiger partial charge in [-0.15, -0.1) is 9.24 Å². The average molecular weight is 411 g/mol. The summed E-state index contributed by atoms with van der Waals surface area (Å²) >= 11 is 0. The lowest BCUT2D eigenvalue weighted by molar-refractivity contribution is -0.116. The summed E-state index contributed by atoms with van der Waals surface area (Å²) in [6.07, 6.45) is 6.38. The molecular formula is C23H27FN3OP. The number of imidazole rings is 1. The zero-order chi connectivity index (χ0) is 20.9. The Morgan fingerprint density at radius 1 is 1.10 bits per heavy atom. The Bertz CT molecular complexity index is 947. The fraction of sp³-hybridized carbons (Fsp3) is 0.304. The van der Waals surface area contributed by atoms with Crippen molar-refractivity contribution in [3.8, 4) is 5.69 Å². The van der Waals surface area contributed by atoms with Crippen LogP contribution in [0.4, 0.5) is 10.1 Å². The predicted octanol–water partition coefficient (Wildman–Crippen LogP) is 5.47. The number of amides is 1. The average Bonchev–Trinajstić information content (AvgIpc) is 3.21. The van der Waals surface area contributed by atoms with Crippen LogP contribution in [0.2, 0.25) is 0 Å². The van der Waals surface area contributed by atoms with Crippen LogP contribution in [0.15, 0.2) is 61.1 Å². The van der Waals surface area contributed by atoms with Crippen molar-refractivity contribution in [3.05, 3.63) is 78.1 Å². The first kappa shape index (κ1) is 21.2. The van der Waals surface area contributed by atoms with Gasteiger partial charge in [0.15, 0.2) is 0 Å². The van der Waals surface area contributed by atoms with Crippen molar-refractivity contribution in [1.82, 2.24) is 9.55 Å². The number of carbonyl (C=O) groups excluding carboxylic acids is 1. The first-order chi connectivity index (χ1) is 13.9. The summed E-state index contributed by atoms with van der Waals surface area (Å²) in [6, 6.07) is 14.3. The van der Waals surface area contributed by atoms with Crippen molar-refractivity contribution in [1.29, 1.82) is 0 Å². The van der Waals surface area contributed by atoms with E-state index in [2.05, 4.69) is 45.5 Å². The number of aromatic nitrogens is 2. The topological polar surface area (TPSA) is 46.9 Å². The second kappa shape index (κ2) is 9.32. The van der Waals surface area contributed by atoms with Crippen LogP contribution in [-0.4, -0.2) is 15.5 Å². The first-order valence-electron chi connectivity index (χ1n) is 9.91. The Kier molecular flexibility index (Phi) is 6.81. The molecule has 1 heterocycles. The van der Waals surface area contributed by atoms with Crippen molar-refractivity contribution in [3.63, 3.8) is 0 Å². The van der Waals surface area contributed by atoms with Gasteiger partial charge in [0.2, 0.25) is 5.91 Å². The molecule has 0 aliphatic rings. The van der Waals surface area contributed by atoms with Crippen LogP contribution in [0, 0.1) is 5.82 Å². The molecule has 3 aromatic rings. The van der Waals surface area contributed by atoms with E-state index in [-0.39, 0.29) is 16.9 Å². The molecule has 0 saturated heterocycles. The summed E-state index contributed by atoms with van der Waals surface area (Å²) in [4.78, 5) is 16.6. The van der Waals surface area contributed by atoms with Crippen molar-refractivity contribution in [2.75, 3.05) is 5.32 Å². The van der Waals surface area contributed by atoms with E-state index in [9.17, 15) is 9.18 Å². The van der Waals surface area contributed by atoms with Gasteiger partial charge in [0, 0.05) is 34.8 Å². The molecule has 0 aliphatic heterocycles. The van der Waals surface area contributed by atoms with Gasteiger partial charge >= 0.3 is 0 Å². The summed E-state index contributed by atoms with van der Waals surface area (Å²) < 4.78 is 15.0. The number of carbonyl (C=O) groups is 1. The maximum atomic E-state index is 13.1. The van der Waals surface area contributed by atoms with Crippen LogP contribution in [0.3, 0.4) is 0 Å². The van der Waals surface area contributed by atoms with E-state index < -0.39 is 0 Å². The number of rotatable bonds is 8. The molecule has 152 valence electrons. The second-order valence-electron chi connectivity index (χ2n) is 7.22.